The number of benzene rings is 1. The minimum atomic E-state index is -0.250. The Hall–Kier alpha value is -3.15. The number of carboxylic acid groups (broad SMARTS) is 2. The van der Waals surface area contributed by atoms with E-state index in [-0.39, 0.29) is 24.5 Å². The van der Waals surface area contributed by atoms with Crippen molar-refractivity contribution >= 4 is 12.9 Å². The zero-order chi connectivity index (χ0) is 26.4. The standard InChI is InChI=1S/C23H34N4O3.2CH2O2/c1-25-16-20(28)14-23(17-25)6-9-26(10-7-23)15-19-4-3-5-21(29-2)22(19)30-13-12-27-11-8-24-18-27;2*2-1-3/h3-5,8,11,18,20,28H,6-7,9-10,12-17H2,1-2H3;2*1H,(H,2,3). The van der Waals surface area contributed by atoms with Gasteiger partial charge in [0.15, 0.2) is 11.5 Å². The van der Waals surface area contributed by atoms with Gasteiger partial charge in [-0.2, -0.15) is 0 Å². The van der Waals surface area contributed by atoms with Crippen LogP contribution in [0.5, 0.6) is 11.5 Å². The van der Waals surface area contributed by atoms with Crippen molar-refractivity contribution in [2.45, 2.75) is 38.5 Å². The summed E-state index contributed by atoms with van der Waals surface area (Å²) in [5.41, 5.74) is 1.43. The Morgan fingerprint density at radius 1 is 1.19 bits per heavy atom. The summed E-state index contributed by atoms with van der Waals surface area (Å²) >= 11 is 0. The minimum absolute atomic E-state index is 0.191. The third-order valence-corrected chi connectivity index (χ3v) is 6.54. The minimum Gasteiger partial charge on any atom is -0.493 e. The van der Waals surface area contributed by atoms with Gasteiger partial charge in [-0.15, -0.1) is 0 Å². The first kappa shape index (κ1) is 29.1. The number of ether oxygens (including phenoxy) is 2. The fourth-order valence-corrected chi connectivity index (χ4v) is 5.10. The number of piperidine rings is 2. The molecule has 1 aromatic heterocycles. The van der Waals surface area contributed by atoms with Gasteiger partial charge in [0, 0.05) is 37.6 Å². The number of β-amino-alcohol motifs (C(OH)–C–C–N with tert-alkyl or cyclic N) is 1. The fraction of sp³-hybridized carbons (Fsp3) is 0.560. The molecule has 1 unspecified atom stereocenters. The zero-order valence-electron chi connectivity index (χ0n) is 21.0. The normalized spacial score (nSPS) is 19.2. The Balaban J connectivity index is 0.000000693. The van der Waals surface area contributed by atoms with Crippen LogP contribution in [0.3, 0.4) is 0 Å². The van der Waals surface area contributed by atoms with E-state index in [1.807, 2.05) is 22.9 Å². The Morgan fingerprint density at radius 3 is 2.47 bits per heavy atom. The van der Waals surface area contributed by atoms with Crippen LogP contribution in [-0.2, 0) is 22.7 Å². The average molecular weight is 507 g/mol. The molecule has 2 aliphatic rings. The van der Waals surface area contributed by atoms with E-state index < -0.39 is 0 Å². The first-order valence-electron chi connectivity index (χ1n) is 11.9. The van der Waals surface area contributed by atoms with Gasteiger partial charge in [-0.1, -0.05) is 12.1 Å². The Morgan fingerprint density at radius 2 is 1.89 bits per heavy atom. The van der Waals surface area contributed by atoms with Crippen molar-refractivity contribution in [3.8, 4) is 11.5 Å². The summed E-state index contributed by atoms with van der Waals surface area (Å²) in [6, 6.07) is 6.13. The van der Waals surface area contributed by atoms with Gasteiger partial charge >= 0.3 is 0 Å². The molecule has 1 aromatic carbocycles. The second kappa shape index (κ2) is 15.1. The highest BCUT2D eigenvalue weighted by atomic mass is 16.5. The lowest BCUT2D eigenvalue weighted by Gasteiger charge is -2.48. The molecule has 0 aliphatic carbocycles. The summed E-state index contributed by atoms with van der Waals surface area (Å²) in [4.78, 5) is 25.6. The first-order chi connectivity index (χ1) is 17.4. The molecular formula is C25H38N4O7. The summed E-state index contributed by atoms with van der Waals surface area (Å²) in [7, 11) is 3.82. The van der Waals surface area contributed by atoms with Gasteiger partial charge in [-0.25, -0.2) is 4.98 Å². The van der Waals surface area contributed by atoms with Crippen LogP contribution in [-0.4, -0.2) is 101 Å². The number of imidazole rings is 1. The maximum absolute atomic E-state index is 10.3. The first-order valence-corrected chi connectivity index (χ1v) is 11.9. The van der Waals surface area contributed by atoms with Crippen molar-refractivity contribution in [3.05, 3.63) is 42.5 Å². The third kappa shape index (κ3) is 8.81. The SMILES string of the molecule is COc1cccc(CN2CCC3(CC2)CC(O)CN(C)C3)c1OCCn1ccnc1.O=CO.O=CO. The predicted molar refractivity (Wildman–Crippen MR) is 133 cm³/mol. The molecule has 0 saturated carbocycles. The zero-order valence-corrected chi connectivity index (χ0v) is 21.0. The van der Waals surface area contributed by atoms with Crippen LogP contribution >= 0.6 is 0 Å². The molecule has 2 aromatic rings. The number of aliphatic hydroxyl groups excluding tert-OH is 1. The number of rotatable bonds is 7. The lowest BCUT2D eigenvalue weighted by molar-refractivity contribution is -0.123. The quantitative estimate of drug-likeness (QED) is 0.475. The van der Waals surface area contributed by atoms with Crippen molar-refractivity contribution in [2.75, 3.05) is 46.9 Å². The van der Waals surface area contributed by atoms with Crippen molar-refractivity contribution in [2.24, 2.45) is 5.41 Å². The smallest absolute Gasteiger partial charge is 0.290 e. The molecule has 200 valence electrons. The molecule has 1 atom stereocenters. The van der Waals surface area contributed by atoms with Crippen molar-refractivity contribution in [3.63, 3.8) is 0 Å². The molecule has 36 heavy (non-hydrogen) atoms. The van der Waals surface area contributed by atoms with Crippen LogP contribution in [0.2, 0.25) is 0 Å². The number of hydrogen-bond donors (Lipinski definition) is 3. The highest BCUT2D eigenvalue weighted by Gasteiger charge is 2.40. The number of nitrogens with zero attached hydrogens (tertiary/aromatic N) is 4. The molecule has 0 bridgehead atoms. The maximum Gasteiger partial charge on any atom is 0.290 e. The Kier molecular flexibility index (Phi) is 12.2. The lowest BCUT2D eigenvalue weighted by Crippen LogP contribution is -2.52. The van der Waals surface area contributed by atoms with Crippen LogP contribution in [0.4, 0.5) is 0 Å². The van der Waals surface area contributed by atoms with Crippen molar-refractivity contribution < 1.29 is 34.4 Å². The molecule has 2 aliphatic heterocycles. The predicted octanol–water partition coefficient (Wildman–Crippen LogP) is 1.65. The summed E-state index contributed by atoms with van der Waals surface area (Å²) < 4.78 is 13.8. The van der Waals surface area contributed by atoms with Crippen LogP contribution in [0, 0.1) is 5.41 Å². The number of carbonyl (C=O) groups is 2. The molecule has 0 amide bonds. The average Bonchev–Trinajstić information content (AvgIpc) is 3.35. The Labute approximate surface area is 211 Å². The molecule has 11 heteroatoms. The number of likely N-dealkylation sites (tertiary alicyclic amines) is 2. The molecule has 3 heterocycles. The van der Waals surface area contributed by atoms with Gasteiger partial charge in [0.25, 0.3) is 12.9 Å². The van der Waals surface area contributed by atoms with E-state index in [0.29, 0.717) is 6.61 Å². The molecule has 11 nitrogen and oxygen atoms in total. The van der Waals surface area contributed by atoms with E-state index in [4.69, 9.17) is 29.3 Å². The second-order valence-electron chi connectivity index (χ2n) is 9.14. The molecular weight excluding hydrogens is 468 g/mol. The van der Waals surface area contributed by atoms with Crippen LogP contribution in [0.25, 0.3) is 0 Å². The monoisotopic (exact) mass is 506 g/mol. The van der Waals surface area contributed by atoms with E-state index in [0.717, 1.165) is 75.6 Å². The summed E-state index contributed by atoms with van der Waals surface area (Å²) in [5.74, 6) is 1.62. The summed E-state index contributed by atoms with van der Waals surface area (Å²) in [6.45, 7) is 5.66. The number of methoxy groups -OCH3 is 1. The van der Waals surface area contributed by atoms with Crippen LogP contribution in [0.15, 0.2) is 36.9 Å². The topological polar surface area (TPSA) is 138 Å². The third-order valence-electron chi connectivity index (χ3n) is 6.54. The van der Waals surface area contributed by atoms with Gasteiger partial charge in [0.1, 0.15) is 6.61 Å². The van der Waals surface area contributed by atoms with Gasteiger partial charge in [0.2, 0.25) is 0 Å². The van der Waals surface area contributed by atoms with Crippen LogP contribution in [0.1, 0.15) is 24.8 Å². The van der Waals surface area contributed by atoms with Crippen molar-refractivity contribution in [1.29, 1.82) is 0 Å². The van der Waals surface area contributed by atoms with Gasteiger partial charge in [-0.3, -0.25) is 14.5 Å². The number of hydrogen-bond acceptors (Lipinski definition) is 8. The largest absolute Gasteiger partial charge is 0.493 e. The van der Waals surface area contributed by atoms with E-state index in [2.05, 4.69) is 27.9 Å². The number of aliphatic hydroxyl groups is 1. The maximum atomic E-state index is 10.3. The highest BCUT2D eigenvalue weighted by molar-refractivity contribution is 5.46. The number of aromatic nitrogens is 2. The summed E-state index contributed by atoms with van der Waals surface area (Å²) in [5, 5.41) is 24.0. The number of para-hydroxylation sites is 1. The molecule has 2 fully saturated rings. The highest BCUT2D eigenvalue weighted by Crippen LogP contribution is 2.40. The van der Waals surface area contributed by atoms with Gasteiger partial charge in [-0.05, 0) is 50.9 Å². The molecule has 2 saturated heterocycles. The molecule has 0 radical (unpaired) electrons. The van der Waals surface area contributed by atoms with Gasteiger partial charge < -0.3 is 34.3 Å². The fourth-order valence-electron chi connectivity index (χ4n) is 5.10. The van der Waals surface area contributed by atoms with E-state index in [9.17, 15) is 5.11 Å². The molecule has 3 N–H and O–H groups in total. The van der Waals surface area contributed by atoms with Crippen LogP contribution < -0.4 is 9.47 Å². The molecule has 4 rings (SSSR count). The van der Waals surface area contributed by atoms with E-state index in [1.54, 1.807) is 19.6 Å². The number of likely N-dealkylation sites (N-methyl/N-ethyl adjacent to an activating group) is 1. The van der Waals surface area contributed by atoms with E-state index >= 15 is 0 Å². The summed E-state index contributed by atoms with van der Waals surface area (Å²) in [6.07, 6.45) is 8.54. The van der Waals surface area contributed by atoms with E-state index in [1.165, 1.54) is 0 Å². The molecule has 1 spiro atoms. The second-order valence-corrected chi connectivity index (χ2v) is 9.14. The Bertz CT molecular complexity index is 884. The lowest BCUT2D eigenvalue weighted by atomic mass is 9.71. The van der Waals surface area contributed by atoms with Gasteiger partial charge in [0.05, 0.1) is 26.1 Å². The van der Waals surface area contributed by atoms with Crippen molar-refractivity contribution in [1.82, 2.24) is 19.4 Å².